The predicted octanol–water partition coefficient (Wildman–Crippen LogP) is 2.55. The van der Waals surface area contributed by atoms with Crippen molar-refractivity contribution in [2.45, 2.75) is 31.7 Å². The van der Waals surface area contributed by atoms with Gasteiger partial charge in [-0.2, -0.15) is 0 Å². The van der Waals surface area contributed by atoms with Crippen LogP contribution in [0, 0.1) is 5.92 Å². The van der Waals surface area contributed by atoms with Crippen molar-refractivity contribution in [2.75, 3.05) is 11.6 Å². The molecule has 16 heavy (non-hydrogen) atoms. The average Bonchev–Trinajstić information content (AvgIpc) is 2.16. The molecule has 0 aliphatic rings. The molecule has 0 heterocycles. The number of sulfone groups is 1. The first-order valence-corrected chi connectivity index (χ1v) is 7.27. The molecule has 0 amide bonds. The molecule has 0 saturated heterocycles. The van der Waals surface area contributed by atoms with Crippen molar-refractivity contribution in [1.82, 2.24) is 0 Å². The Labute approximate surface area is 97.8 Å². The van der Waals surface area contributed by atoms with E-state index >= 15 is 0 Å². The van der Waals surface area contributed by atoms with Crippen LogP contribution in [0.5, 0.6) is 0 Å². The largest absolute Gasteiger partial charge is 0.381 e. The molecule has 90 valence electrons. The third kappa shape index (κ3) is 3.23. The first-order valence-electron chi connectivity index (χ1n) is 5.38. The van der Waals surface area contributed by atoms with Crippen molar-refractivity contribution in [3.8, 4) is 0 Å². The summed E-state index contributed by atoms with van der Waals surface area (Å²) in [5.41, 5.74) is 0.686. The van der Waals surface area contributed by atoms with Gasteiger partial charge in [0.25, 0.3) is 0 Å². The van der Waals surface area contributed by atoms with E-state index in [0.717, 1.165) is 0 Å². The Kier molecular flexibility index (Phi) is 3.97. The van der Waals surface area contributed by atoms with Gasteiger partial charge in [0, 0.05) is 12.3 Å². The van der Waals surface area contributed by atoms with E-state index in [1.807, 2.05) is 13.0 Å². The van der Waals surface area contributed by atoms with E-state index in [1.54, 1.807) is 18.2 Å². The van der Waals surface area contributed by atoms with E-state index in [-0.39, 0.29) is 6.04 Å². The number of rotatable bonds is 4. The van der Waals surface area contributed by atoms with Crippen LogP contribution < -0.4 is 5.32 Å². The van der Waals surface area contributed by atoms with Crippen molar-refractivity contribution in [3.05, 3.63) is 24.3 Å². The van der Waals surface area contributed by atoms with Crippen molar-refractivity contribution < 1.29 is 8.42 Å². The zero-order chi connectivity index (χ0) is 12.3. The normalized spacial score (nSPS) is 13.8. The third-order valence-corrected chi connectivity index (χ3v) is 3.82. The van der Waals surface area contributed by atoms with Crippen molar-refractivity contribution >= 4 is 15.5 Å². The maximum Gasteiger partial charge on any atom is 0.177 e. The lowest BCUT2D eigenvalue weighted by Gasteiger charge is -2.20. The molecule has 1 aromatic carbocycles. The Bertz CT molecular complexity index is 452. The number of hydrogen-bond donors (Lipinski definition) is 1. The zero-order valence-electron chi connectivity index (χ0n) is 10.2. The lowest BCUT2D eigenvalue weighted by atomic mass is 10.1. The fraction of sp³-hybridized carbons (Fsp3) is 0.500. The second kappa shape index (κ2) is 4.87. The highest BCUT2D eigenvalue weighted by molar-refractivity contribution is 7.90. The summed E-state index contributed by atoms with van der Waals surface area (Å²) in [6.45, 7) is 6.24. The Hall–Kier alpha value is -1.03. The first kappa shape index (κ1) is 13.0. The summed E-state index contributed by atoms with van der Waals surface area (Å²) in [5.74, 6) is 0.451. The van der Waals surface area contributed by atoms with Gasteiger partial charge < -0.3 is 5.32 Å². The van der Waals surface area contributed by atoms with Crippen LogP contribution in [0.4, 0.5) is 5.69 Å². The summed E-state index contributed by atoms with van der Waals surface area (Å²) < 4.78 is 23.1. The predicted molar refractivity (Wildman–Crippen MR) is 67.5 cm³/mol. The standard InChI is InChI=1S/C12H19NO2S/c1-9(2)10(3)13-11-7-5-6-8-12(11)16(4,14)15/h5-10,13H,1-4H3. The molecule has 0 aliphatic heterocycles. The fourth-order valence-corrected chi connectivity index (χ4v) is 2.17. The fourth-order valence-electron chi connectivity index (χ4n) is 1.32. The van der Waals surface area contributed by atoms with Crippen LogP contribution >= 0.6 is 0 Å². The minimum absolute atomic E-state index is 0.239. The summed E-state index contributed by atoms with van der Waals surface area (Å²) in [4.78, 5) is 0.363. The Morgan fingerprint density at radius 1 is 1.12 bits per heavy atom. The molecule has 1 rings (SSSR count). The number of benzene rings is 1. The molecule has 1 aromatic rings. The lowest BCUT2D eigenvalue weighted by Crippen LogP contribution is -2.22. The van der Waals surface area contributed by atoms with Gasteiger partial charge in [0.2, 0.25) is 0 Å². The van der Waals surface area contributed by atoms with Gasteiger partial charge in [-0.05, 0) is 25.0 Å². The molecular formula is C12H19NO2S. The summed E-state index contributed by atoms with van der Waals surface area (Å²) in [7, 11) is -3.17. The summed E-state index contributed by atoms with van der Waals surface area (Å²) >= 11 is 0. The van der Waals surface area contributed by atoms with Gasteiger partial charge >= 0.3 is 0 Å². The summed E-state index contributed by atoms with van der Waals surface area (Å²) in [5, 5.41) is 3.24. The van der Waals surface area contributed by atoms with Crippen LogP contribution in [0.2, 0.25) is 0 Å². The topological polar surface area (TPSA) is 46.2 Å². The van der Waals surface area contributed by atoms with Gasteiger partial charge in [-0.15, -0.1) is 0 Å². The van der Waals surface area contributed by atoms with Crippen molar-refractivity contribution in [1.29, 1.82) is 0 Å². The minimum Gasteiger partial charge on any atom is -0.381 e. The van der Waals surface area contributed by atoms with Crippen LogP contribution in [0.3, 0.4) is 0 Å². The molecule has 0 aliphatic carbocycles. The Morgan fingerprint density at radius 3 is 2.19 bits per heavy atom. The molecular weight excluding hydrogens is 222 g/mol. The van der Waals surface area contributed by atoms with Gasteiger partial charge in [-0.1, -0.05) is 26.0 Å². The van der Waals surface area contributed by atoms with Crippen LogP contribution in [0.15, 0.2) is 29.2 Å². The van der Waals surface area contributed by atoms with E-state index in [4.69, 9.17) is 0 Å². The zero-order valence-corrected chi connectivity index (χ0v) is 11.0. The second-order valence-corrected chi connectivity index (χ2v) is 6.43. The molecule has 1 unspecified atom stereocenters. The quantitative estimate of drug-likeness (QED) is 0.881. The molecule has 1 N–H and O–H groups in total. The van der Waals surface area contributed by atoms with Gasteiger partial charge in [-0.25, -0.2) is 8.42 Å². The molecule has 0 saturated carbocycles. The number of nitrogens with one attached hydrogen (secondary N) is 1. The molecule has 0 bridgehead atoms. The van der Waals surface area contributed by atoms with E-state index in [2.05, 4.69) is 19.2 Å². The third-order valence-electron chi connectivity index (χ3n) is 2.67. The van der Waals surface area contributed by atoms with Gasteiger partial charge in [-0.3, -0.25) is 0 Å². The molecule has 0 spiro atoms. The van der Waals surface area contributed by atoms with Gasteiger partial charge in [0.05, 0.1) is 10.6 Å². The summed E-state index contributed by atoms with van der Waals surface area (Å²) in [6, 6.07) is 7.24. The van der Waals surface area contributed by atoms with Crippen LogP contribution in [-0.4, -0.2) is 20.7 Å². The van der Waals surface area contributed by atoms with Gasteiger partial charge in [0.1, 0.15) is 0 Å². The van der Waals surface area contributed by atoms with Crippen LogP contribution in [0.1, 0.15) is 20.8 Å². The monoisotopic (exact) mass is 241 g/mol. The molecule has 3 nitrogen and oxygen atoms in total. The first-order chi connectivity index (χ1) is 7.32. The van der Waals surface area contributed by atoms with Crippen molar-refractivity contribution in [2.24, 2.45) is 5.92 Å². The molecule has 1 atom stereocenters. The second-order valence-electron chi connectivity index (χ2n) is 4.45. The van der Waals surface area contributed by atoms with Gasteiger partial charge in [0.15, 0.2) is 9.84 Å². The molecule has 0 fully saturated rings. The Morgan fingerprint density at radius 2 is 1.69 bits per heavy atom. The highest BCUT2D eigenvalue weighted by Crippen LogP contribution is 2.22. The number of anilines is 1. The van der Waals surface area contributed by atoms with Crippen molar-refractivity contribution in [3.63, 3.8) is 0 Å². The Balaban J connectivity index is 3.06. The summed E-state index contributed by atoms with van der Waals surface area (Å²) in [6.07, 6.45) is 1.23. The lowest BCUT2D eigenvalue weighted by molar-refractivity contribution is 0.558. The SMILES string of the molecule is CC(C)C(C)Nc1ccccc1S(C)(=O)=O. The minimum atomic E-state index is -3.17. The highest BCUT2D eigenvalue weighted by Gasteiger charge is 2.15. The average molecular weight is 241 g/mol. The maximum absolute atomic E-state index is 11.6. The number of hydrogen-bond acceptors (Lipinski definition) is 3. The van der Waals surface area contributed by atoms with E-state index in [0.29, 0.717) is 16.5 Å². The smallest absolute Gasteiger partial charge is 0.177 e. The molecule has 0 aromatic heterocycles. The number of para-hydroxylation sites is 1. The van der Waals surface area contributed by atoms with E-state index in [1.165, 1.54) is 6.26 Å². The maximum atomic E-state index is 11.6. The van der Waals surface area contributed by atoms with E-state index in [9.17, 15) is 8.42 Å². The molecule has 0 radical (unpaired) electrons. The van der Waals surface area contributed by atoms with Crippen LogP contribution in [0.25, 0.3) is 0 Å². The van der Waals surface area contributed by atoms with Crippen LogP contribution in [-0.2, 0) is 9.84 Å². The highest BCUT2D eigenvalue weighted by atomic mass is 32.2. The molecule has 4 heteroatoms. The van der Waals surface area contributed by atoms with E-state index < -0.39 is 9.84 Å².